The van der Waals surface area contributed by atoms with Gasteiger partial charge in [-0.2, -0.15) is 18.3 Å². The van der Waals surface area contributed by atoms with Gasteiger partial charge in [0.15, 0.2) is 0 Å². The molecular weight excluding hydrogens is 395 g/mol. The van der Waals surface area contributed by atoms with Gasteiger partial charge >= 0.3 is 6.18 Å². The molecule has 2 aromatic rings. The molecular formula is C18H18F3N3O3S. The molecule has 6 nitrogen and oxygen atoms in total. The molecule has 0 unspecified atom stereocenters. The van der Waals surface area contributed by atoms with Gasteiger partial charge in [0.2, 0.25) is 10.0 Å². The Kier molecular flexibility index (Phi) is 6.45. The molecule has 1 amide bonds. The number of amides is 1. The first-order valence-electron chi connectivity index (χ1n) is 8.01. The van der Waals surface area contributed by atoms with Gasteiger partial charge in [0.1, 0.15) is 6.54 Å². The predicted molar refractivity (Wildman–Crippen MR) is 101 cm³/mol. The minimum absolute atomic E-state index is 0.228. The Bertz CT molecular complexity index is 972. The lowest BCUT2D eigenvalue weighted by Crippen LogP contribution is -2.39. The lowest BCUT2D eigenvalue weighted by Gasteiger charge is -2.21. The third-order valence-corrected chi connectivity index (χ3v) is 4.81. The molecule has 28 heavy (non-hydrogen) atoms. The van der Waals surface area contributed by atoms with Crippen LogP contribution in [-0.4, -0.2) is 33.3 Å². The Morgan fingerprint density at radius 1 is 1.14 bits per heavy atom. The third kappa shape index (κ3) is 5.81. The van der Waals surface area contributed by atoms with Gasteiger partial charge in [-0.05, 0) is 25.1 Å². The summed E-state index contributed by atoms with van der Waals surface area (Å²) in [6.45, 7) is 1.26. The van der Waals surface area contributed by atoms with Crippen LogP contribution in [0.1, 0.15) is 16.7 Å². The van der Waals surface area contributed by atoms with Gasteiger partial charge in [-0.3, -0.25) is 9.10 Å². The first kappa shape index (κ1) is 21.4. The van der Waals surface area contributed by atoms with Crippen molar-refractivity contribution in [1.29, 1.82) is 0 Å². The second-order valence-electron chi connectivity index (χ2n) is 5.98. The highest BCUT2D eigenvalue weighted by atomic mass is 32.2. The minimum atomic E-state index is -4.56. The average molecular weight is 413 g/mol. The molecule has 0 spiro atoms. The van der Waals surface area contributed by atoms with Gasteiger partial charge in [0.05, 0.1) is 23.7 Å². The summed E-state index contributed by atoms with van der Waals surface area (Å²) in [6.07, 6.45) is -2.76. The molecule has 2 aromatic carbocycles. The summed E-state index contributed by atoms with van der Waals surface area (Å²) in [6, 6.07) is 11.2. The molecule has 0 saturated heterocycles. The van der Waals surface area contributed by atoms with Gasteiger partial charge < -0.3 is 0 Å². The Balaban J connectivity index is 2.12. The summed E-state index contributed by atoms with van der Waals surface area (Å²) in [4.78, 5) is 12.1. The average Bonchev–Trinajstić information content (AvgIpc) is 2.59. The number of aryl methyl sites for hydroxylation is 1. The number of alkyl halides is 3. The summed E-state index contributed by atoms with van der Waals surface area (Å²) >= 11 is 0. The Morgan fingerprint density at radius 3 is 2.32 bits per heavy atom. The highest BCUT2D eigenvalue weighted by Crippen LogP contribution is 2.31. The lowest BCUT2D eigenvalue weighted by atomic mass is 10.1. The number of hydrazone groups is 1. The van der Waals surface area contributed by atoms with Gasteiger partial charge in [0, 0.05) is 5.56 Å². The van der Waals surface area contributed by atoms with Crippen molar-refractivity contribution in [2.75, 3.05) is 17.1 Å². The fourth-order valence-corrected chi connectivity index (χ4v) is 3.17. The van der Waals surface area contributed by atoms with E-state index in [9.17, 15) is 26.4 Å². The van der Waals surface area contributed by atoms with Crippen LogP contribution in [0.25, 0.3) is 0 Å². The summed E-state index contributed by atoms with van der Waals surface area (Å²) in [5.41, 5.74) is 2.12. The number of anilines is 1. The van der Waals surface area contributed by atoms with Crippen LogP contribution in [-0.2, 0) is 21.0 Å². The molecule has 0 aliphatic carbocycles. The van der Waals surface area contributed by atoms with Gasteiger partial charge in [-0.25, -0.2) is 13.8 Å². The number of nitrogens with zero attached hydrogens (tertiary/aromatic N) is 2. The Hall–Kier alpha value is -2.88. The maximum Gasteiger partial charge on any atom is 0.417 e. The van der Waals surface area contributed by atoms with Crippen LogP contribution in [0.5, 0.6) is 0 Å². The molecule has 0 saturated carbocycles. The molecule has 1 N–H and O–H groups in total. The summed E-state index contributed by atoms with van der Waals surface area (Å²) in [7, 11) is -3.76. The van der Waals surface area contributed by atoms with E-state index >= 15 is 0 Å². The van der Waals surface area contributed by atoms with Crippen LogP contribution in [0.2, 0.25) is 0 Å². The van der Waals surface area contributed by atoms with Crippen molar-refractivity contribution in [2.24, 2.45) is 5.10 Å². The van der Waals surface area contributed by atoms with E-state index in [2.05, 4.69) is 10.5 Å². The Morgan fingerprint density at radius 2 is 1.75 bits per heavy atom. The number of carbonyl (C=O) groups excluding carboxylic acids is 1. The number of benzene rings is 2. The zero-order valence-electron chi connectivity index (χ0n) is 15.1. The first-order valence-corrected chi connectivity index (χ1v) is 9.86. The van der Waals surface area contributed by atoms with E-state index < -0.39 is 34.2 Å². The van der Waals surface area contributed by atoms with Crippen LogP contribution in [0.3, 0.4) is 0 Å². The number of carbonyl (C=O) groups is 1. The molecule has 0 bridgehead atoms. The van der Waals surface area contributed by atoms with Crippen LogP contribution >= 0.6 is 0 Å². The normalized spacial score (nSPS) is 12.2. The minimum Gasteiger partial charge on any atom is -0.271 e. The largest absolute Gasteiger partial charge is 0.417 e. The van der Waals surface area contributed by atoms with E-state index in [1.165, 1.54) is 18.2 Å². The smallest absolute Gasteiger partial charge is 0.271 e. The van der Waals surface area contributed by atoms with E-state index in [1.807, 2.05) is 6.92 Å². The number of halogens is 3. The summed E-state index contributed by atoms with van der Waals surface area (Å²) in [5.74, 6) is -0.799. The first-order chi connectivity index (χ1) is 13.0. The van der Waals surface area contributed by atoms with Crippen molar-refractivity contribution in [3.8, 4) is 0 Å². The van der Waals surface area contributed by atoms with Crippen molar-refractivity contribution in [2.45, 2.75) is 13.1 Å². The molecule has 2 rings (SSSR count). The SMILES string of the molecule is Cc1ccc(N(CC(=O)N/N=C\c2ccccc2C(F)(F)F)S(C)(=O)=O)cc1. The highest BCUT2D eigenvalue weighted by molar-refractivity contribution is 7.92. The zero-order valence-corrected chi connectivity index (χ0v) is 15.9. The molecule has 10 heteroatoms. The van der Waals surface area contributed by atoms with Crippen LogP contribution in [0.4, 0.5) is 18.9 Å². The Labute approximate surface area is 160 Å². The van der Waals surface area contributed by atoms with Crippen molar-refractivity contribution in [1.82, 2.24) is 5.43 Å². The molecule has 0 aromatic heterocycles. The van der Waals surface area contributed by atoms with E-state index in [4.69, 9.17) is 0 Å². The van der Waals surface area contributed by atoms with Gasteiger partial charge in [-0.1, -0.05) is 35.9 Å². The van der Waals surface area contributed by atoms with Crippen LogP contribution in [0.15, 0.2) is 53.6 Å². The van der Waals surface area contributed by atoms with Gasteiger partial charge in [-0.15, -0.1) is 0 Å². The van der Waals surface area contributed by atoms with Crippen molar-refractivity contribution < 1.29 is 26.4 Å². The zero-order chi connectivity index (χ0) is 20.9. The third-order valence-electron chi connectivity index (χ3n) is 3.67. The maximum atomic E-state index is 12.9. The van der Waals surface area contributed by atoms with Gasteiger partial charge in [0.25, 0.3) is 5.91 Å². The number of sulfonamides is 1. The van der Waals surface area contributed by atoms with Crippen molar-refractivity contribution in [3.05, 3.63) is 65.2 Å². The molecule has 0 atom stereocenters. The van der Waals surface area contributed by atoms with Crippen molar-refractivity contribution in [3.63, 3.8) is 0 Å². The predicted octanol–water partition coefficient (Wildman–Crippen LogP) is 2.93. The quantitative estimate of drug-likeness (QED) is 0.584. The standard InChI is InChI=1S/C18H18F3N3O3S/c1-13-7-9-15(10-8-13)24(28(2,26)27)12-17(25)23-22-11-14-5-3-4-6-16(14)18(19,20)21/h3-11H,12H2,1-2H3,(H,23,25)/b22-11-. The molecule has 0 fully saturated rings. The molecule has 0 heterocycles. The van der Waals surface area contributed by atoms with E-state index in [1.54, 1.807) is 24.3 Å². The number of hydrogen-bond acceptors (Lipinski definition) is 4. The topological polar surface area (TPSA) is 78.8 Å². The summed E-state index contributed by atoms with van der Waals surface area (Å²) in [5, 5.41) is 3.51. The second kappa shape index (κ2) is 8.42. The fraction of sp³-hybridized carbons (Fsp3) is 0.222. The maximum absolute atomic E-state index is 12.9. The van der Waals surface area contributed by atoms with Crippen LogP contribution < -0.4 is 9.73 Å². The molecule has 0 radical (unpaired) electrons. The fourth-order valence-electron chi connectivity index (χ4n) is 2.32. The monoisotopic (exact) mass is 413 g/mol. The molecule has 150 valence electrons. The molecule has 0 aliphatic heterocycles. The number of rotatable bonds is 6. The molecule has 0 aliphatic rings. The van der Waals surface area contributed by atoms with E-state index in [0.717, 1.165) is 28.4 Å². The summed E-state index contributed by atoms with van der Waals surface area (Å²) < 4.78 is 63.6. The number of hydrogen-bond donors (Lipinski definition) is 1. The second-order valence-corrected chi connectivity index (χ2v) is 7.89. The van der Waals surface area contributed by atoms with Crippen molar-refractivity contribution >= 4 is 27.8 Å². The number of nitrogens with one attached hydrogen (secondary N) is 1. The lowest BCUT2D eigenvalue weighted by molar-refractivity contribution is -0.137. The van der Waals surface area contributed by atoms with Crippen LogP contribution in [0, 0.1) is 6.92 Å². The van der Waals surface area contributed by atoms with E-state index in [0.29, 0.717) is 0 Å². The van der Waals surface area contributed by atoms with E-state index in [-0.39, 0.29) is 11.3 Å². The highest BCUT2D eigenvalue weighted by Gasteiger charge is 2.32.